The van der Waals surface area contributed by atoms with Gasteiger partial charge in [0.1, 0.15) is 11.5 Å². The number of rotatable bonds is 7. The number of hydrogen-bond donors (Lipinski definition) is 1. The summed E-state index contributed by atoms with van der Waals surface area (Å²) in [7, 11) is 0. The van der Waals surface area contributed by atoms with E-state index in [4.69, 9.17) is 0 Å². The summed E-state index contributed by atoms with van der Waals surface area (Å²) in [5.41, 5.74) is 5.44. The molecule has 0 bridgehead atoms. The van der Waals surface area contributed by atoms with Crippen molar-refractivity contribution in [2.75, 3.05) is 6.54 Å². The van der Waals surface area contributed by atoms with Crippen LogP contribution in [0.4, 0.5) is 0 Å². The maximum Gasteiger partial charge on any atom is 0.256 e. The molecule has 1 amide bonds. The van der Waals surface area contributed by atoms with E-state index >= 15 is 0 Å². The first-order valence-electron chi connectivity index (χ1n) is 11.3. The molecule has 0 atom stereocenters. The van der Waals surface area contributed by atoms with Crippen LogP contribution in [0.3, 0.4) is 0 Å². The average molecular weight is 443 g/mol. The van der Waals surface area contributed by atoms with Gasteiger partial charge in [0, 0.05) is 24.0 Å². The number of benzene rings is 1. The molecule has 7 nitrogen and oxygen atoms in total. The molecule has 4 rings (SSSR count). The lowest BCUT2D eigenvalue weighted by atomic mass is 10.1. The number of nitrogens with zero attached hydrogens (tertiary/aromatic N) is 5. The molecule has 7 heteroatoms. The number of carbonyl (C=O) groups excluding carboxylic acids is 1. The van der Waals surface area contributed by atoms with Crippen LogP contribution in [-0.2, 0) is 13.0 Å². The van der Waals surface area contributed by atoms with Gasteiger partial charge in [-0.2, -0.15) is 15.3 Å². The topological polar surface area (TPSA) is 75.9 Å². The molecule has 33 heavy (non-hydrogen) atoms. The second-order valence-corrected chi connectivity index (χ2v) is 8.90. The summed E-state index contributed by atoms with van der Waals surface area (Å²) < 4.78 is 1.94. The lowest BCUT2D eigenvalue weighted by molar-refractivity contribution is 0.0950. The Morgan fingerprint density at radius 2 is 1.85 bits per heavy atom. The fourth-order valence-electron chi connectivity index (χ4n) is 3.93. The van der Waals surface area contributed by atoms with Gasteiger partial charge < -0.3 is 10.2 Å². The summed E-state index contributed by atoms with van der Waals surface area (Å²) in [4.78, 5) is 15.3. The fraction of sp³-hybridized carbons (Fsp3) is 0.308. The van der Waals surface area contributed by atoms with E-state index in [2.05, 4.69) is 52.4 Å². The molecule has 0 unspecified atom stereocenters. The molecule has 0 spiro atoms. The van der Waals surface area contributed by atoms with Gasteiger partial charge in [0.05, 0.1) is 17.9 Å². The monoisotopic (exact) mass is 442 g/mol. The molecule has 3 heterocycles. The maximum atomic E-state index is 13.2. The number of carbonyl (C=O) groups is 1. The van der Waals surface area contributed by atoms with Crippen molar-refractivity contribution in [3.63, 3.8) is 0 Å². The van der Waals surface area contributed by atoms with Crippen LogP contribution in [0.5, 0.6) is 0 Å². The van der Waals surface area contributed by atoms with E-state index in [9.17, 15) is 4.79 Å². The third kappa shape index (κ3) is 5.37. The summed E-state index contributed by atoms with van der Waals surface area (Å²) in [5, 5.41) is 16.3. The summed E-state index contributed by atoms with van der Waals surface area (Å²) in [5.74, 6) is 1.04. The summed E-state index contributed by atoms with van der Waals surface area (Å²) in [6, 6.07) is 15.2. The van der Waals surface area contributed by atoms with Gasteiger partial charge in [-0.25, -0.2) is 4.68 Å². The van der Waals surface area contributed by atoms with Gasteiger partial charge in [0.25, 0.3) is 5.91 Å². The van der Waals surface area contributed by atoms with Crippen molar-refractivity contribution in [3.8, 4) is 0 Å². The first kappa shape index (κ1) is 22.5. The zero-order chi connectivity index (χ0) is 23.4. The highest BCUT2D eigenvalue weighted by Gasteiger charge is 2.25. The van der Waals surface area contributed by atoms with Gasteiger partial charge in [-0.05, 0) is 62.6 Å². The number of amides is 1. The van der Waals surface area contributed by atoms with E-state index in [1.807, 2.05) is 66.3 Å². The van der Waals surface area contributed by atoms with Crippen LogP contribution in [0.15, 0.2) is 72.2 Å². The van der Waals surface area contributed by atoms with E-state index in [1.54, 1.807) is 0 Å². The molecule has 0 fully saturated rings. The molecule has 1 aliphatic rings. The standard InChI is InChI=1S/C26H30N6O/c1-18(2)14-23-12-13-27-32(23)24-15-19(3)16-31(17-22-11-10-20(4)29-30-22)25(24)28-26(33)21-8-6-5-7-9-21/h5-13,15,18H,14,16-17H2,1-4H3,(H,28,33). The Hall–Kier alpha value is -3.74. The second kappa shape index (κ2) is 9.81. The quantitative estimate of drug-likeness (QED) is 0.594. The van der Waals surface area contributed by atoms with Crippen LogP contribution < -0.4 is 5.32 Å². The van der Waals surface area contributed by atoms with Crippen molar-refractivity contribution < 1.29 is 4.79 Å². The van der Waals surface area contributed by atoms with E-state index in [1.165, 1.54) is 5.57 Å². The van der Waals surface area contributed by atoms with Crippen molar-refractivity contribution in [1.82, 2.24) is 30.2 Å². The number of aryl methyl sites for hydroxylation is 1. The summed E-state index contributed by atoms with van der Waals surface area (Å²) in [6.07, 6.45) is 4.81. The first-order chi connectivity index (χ1) is 15.9. The maximum absolute atomic E-state index is 13.2. The van der Waals surface area contributed by atoms with Gasteiger partial charge in [0.15, 0.2) is 0 Å². The Balaban J connectivity index is 1.77. The van der Waals surface area contributed by atoms with Gasteiger partial charge in [0.2, 0.25) is 0 Å². The number of hydrogen-bond acceptors (Lipinski definition) is 5. The van der Waals surface area contributed by atoms with Gasteiger partial charge in [-0.3, -0.25) is 4.79 Å². The third-order valence-corrected chi connectivity index (χ3v) is 5.42. The SMILES string of the molecule is CC1=CC(n2nccc2CC(C)C)=C(NC(=O)c2ccccc2)N(Cc2ccc(C)nn2)C1. The smallest absolute Gasteiger partial charge is 0.256 e. The highest BCUT2D eigenvalue weighted by atomic mass is 16.1. The Bertz CT molecular complexity index is 1180. The minimum absolute atomic E-state index is 0.159. The minimum atomic E-state index is -0.159. The lowest BCUT2D eigenvalue weighted by Gasteiger charge is -2.33. The molecule has 1 N–H and O–H groups in total. The average Bonchev–Trinajstić information content (AvgIpc) is 3.24. The lowest BCUT2D eigenvalue weighted by Crippen LogP contribution is -2.39. The highest BCUT2D eigenvalue weighted by molar-refractivity contribution is 5.96. The Kier molecular flexibility index (Phi) is 6.68. The molecule has 3 aromatic rings. The minimum Gasteiger partial charge on any atom is -0.346 e. The molecule has 0 saturated carbocycles. The Labute approximate surface area is 194 Å². The highest BCUT2D eigenvalue weighted by Crippen LogP contribution is 2.26. The van der Waals surface area contributed by atoms with E-state index in [0.29, 0.717) is 30.4 Å². The Morgan fingerprint density at radius 3 is 2.55 bits per heavy atom. The molecule has 1 aromatic carbocycles. The largest absolute Gasteiger partial charge is 0.346 e. The van der Waals surface area contributed by atoms with E-state index < -0.39 is 0 Å². The molecular formula is C26H30N6O. The van der Waals surface area contributed by atoms with Gasteiger partial charge >= 0.3 is 0 Å². The number of nitrogens with one attached hydrogen (secondary N) is 1. The zero-order valence-electron chi connectivity index (χ0n) is 19.6. The van der Waals surface area contributed by atoms with Crippen LogP contribution in [-0.4, -0.2) is 37.3 Å². The van der Waals surface area contributed by atoms with Crippen LogP contribution in [0.2, 0.25) is 0 Å². The molecular weight excluding hydrogens is 412 g/mol. The predicted octanol–water partition coefficient (Wildman–Crippen LogP) is 4.20. The first-order valence-corrected chi connectivity index (χ1v) is 11.3. The van der Waals surface area contributed by atoms with Gasteiger partial charge in [-0.15, -0.1) is 0 Å². The summed E-state index contributed by atoms with van der Waals surface area (Å²) in [6.45, 7) is 9.58. The summed E-state index contributed by atoms with van der Waals surface area (Å²) >= 11 is 0. The van der Waals surface area contributed by atoms with E-state index in [0.717, 1.165) is 29.2 Å². The van der Waals surface area contributed by atoms with Crippen LogP contribution in [0.1, 0.15) is 48.2 Å². The van der Waals surface area contributed by atoms with Crippen LogP contribution >= 0.6 is 0 Å². The van der Waals surface area contributed by atoms with Crippen LogP contribution in [0, 0.1) is 12.8 Å². The zero-order valence-corrected chi connectivity index (χ0v) is 19.6. The van der Waals surface area contributed by atoms with Crippen molar-refractivity contribution in [1.29, 1.82) is 0 Å². The molecule has 0 aliphatic carbocycles. The van der Waals surface area contributed by atoms with Crippen LogP contribution in [0.25, 0.3) is 5.70 Å². The molecule has 0 saturated heterocycles. The van der Waals surface area contributed by atoms with Crippen molar-refractivity contribution in [3.05, 3.63) is 94.8 Å². The fourth-order valence-corrected chi connectivity index (χ4v) is 3.93. The van der Waals surface area contributed by atoms with Gasteiger partial charge in [-0.1, -0.05) is 37.6 Å². The number of aromatic nitrogens is 4. The molecule has 0 radical (unpaired) electrons. The predicted molar refractivity (Wildman–Crippen MR) is 129 cm³/mol. The molecule has 1 aliphatic heterocycles. The molecule has 2 aromatic heterocycles. The molecule has 170 valence electrons. The van der Waals surface area contributed by atoms with Crippen molar-refractivity contribution >= 4 is 11.6 Å². The number of allylic oxidation sites excluding steroid dienone is 2. The normalized spacial score (nSPS) is 14.0. The second-order valence-electron chi connectivity index (χ2n) is 8.90. The van der Waals surface area contributed by atoms with E-state index in [-0.39, 0.29) is 5.91 Å². The van der Waals surface area contributed by atoms with Crippen molar-refractivity contribution in [2.45, 2.75) is 40.7 Å². The van der Waals surface area contributed by atoms with Crippen molar-refractivity contribution in [2.24, 2.45) is 5.92 Å². The Morgan fingerprint density at radius 1 is 1.06 bits per heavy atom. The third-order valence-electron chi connectivity index (χ3n) is 5.42.